The lowest BCUT2D eigenvalue weighted by Gasteiger charge is -2.26. The van der Waals surface area contributed by atoms with Crippen LogP contribution in [0.2, 0.25) is 0 Å². The summed E-state index contributed by atoms with van der Waals surface area (Å²) in [6, 6.07) is 14.6. The molecular formula is C22H21N3O3S. The highest BCUT2D eigenvalue weighted by Crippen LogP contribution is 2.20. The van der Waals surface area contributed by atoms with Crippen LogP contribution in [0.1, 0.15) is 15.9 Å². The fourth-order valence-electron chi connectivity index (χ4n) is 3.15. The maximum atomic E-state index is 12.5. The molecule has 4 rings (SSSR count). The van der Waals surface area contributed by atoms with Gasteiger partial charge < -0.3 is 14.6 Å². The minimum Gasteiger partial charge on any atom is -0.444 e. The van der Waals surface area contributed by atoms with Crippen molar-refractivity contribution in [2.24, 2.45) is 0 Å². The molecule has 0 radical (unpaired) electrons. The third kappa shape index (κ3) is 4.86. The Bertz CT molecular complexity index is 964. The van der Waals surface area contributed by atoms with E-state index < -0.39 is 0 Å². The minimum atomic E-state index is -0.191. The molecule has 1 aromatic heterocycles. The number of anilines is 1. The van der Waals surface area contributed by atoms with E-state index in [0.29, 0.717) is 23.4 Å². The lowest BCUT2D eigenvalue weighted by molar-refractivity contribution is -0.130. The van der Waals surface area contributed by atoms with Crippen molar-refractivity contribution >= 4 is 29.3 Å². The number of oxazole rings is 1. The van der Waals surface area contributed by atoms with Crippen LogP contribution >= 0.6 is 11.8 Å². The lowest BCUT2D eigenvalue weighted by atomic mass is 10.1. The van der Waals surface area contributed by atoms with Crippen molar-refractivity contribution in [2.45, 2.75) is 6.42 Å². The van der Waals surface area contributed by atoms with E-state index in [-0.39, 0.29) is 11.8 Å². The summed E-state index contributed by atoms with van der Waals surface area (Å²) in [6.45, 7) is 1.65. The second-order valence-electron chi connectivity index (χ2n) is 6.76. The minimum absolute atomic E-state index is 0.161. The van der Waals surface area contributed by atoms with Gasteiger partial charge in [-0.3, -0.25) is 9.59 Å². The van der Waals surface area contributed by atoms with Crippen molar-refractivity contribution in [3.8, 4) is 11.3 Å². The van der Waals surface area contributed by atoms with Gasteiger partial charge >= 0.3 is 0 Å². The van der Waals surface area contributed by atoms with E-state index in [9.17, 15) is 9.59 Å². The number of thioether (sulfide) groups is 1. The number of hydrogen-bond acceptors (Lipinski definition) is 5. The van der Waals surface area contributed by atoms with Crippen LogP contribution < -0.4 is 5.32 Å². The topological polar surface area (TPSA) is 75.4 Å². The molecule has 2 heterocycles. The van der Waals surface area contributed by atoms with E-state index in [2.05, 4.69) is 10.3 Å². The summed E-state index contributed by atoms with van der Waals surface area (Å²) >= 11 is 1.89. The van der Waals surface area contributed by atoms with Gasteiger partial charge in [0.05, 0.1) is 12.6 Å². The third-order valence-corrected chi connectivity index (χ3v) is 5.74. The average Bonchev–Trinajstić information content (AvgIpc) is 3.31. The molecule has 3 aromatic rings. The molecule has 0 atom stereocenters. The van der Waals surface area contributed by atoms with Crippen LogP contribution in [0.3, 0.4) is 0 Å². The Morgan fingerprint density at radius 1 is 1.03 bits per heavy atom. The van der Waals surface area contributed by atoms with E-state index in [1.165, 1.54) is 6.39 Å². The van der Waals surface area contributed by atoms with Crippen LogP contribution in [0.5, 0.6) is 0 Å². The summed E-state index contributed by atoms with van der Waals surface area (Å²) in [5.41, 5.74) is 3.05. The number of benzene rings is 2. The van der Waals surface area contributed by atoms with Crippen molar-refractivity contribution in [1.82, 2.24) is 9.88 Å². The van der Waals surface area contributed by atoms with E-state index in [1.807, 2.05) is 53.1 Å². The van der Waals surface area contributed by atoms with E-state index in [1.54, 1.807) is 18.3 Å². The smallest absolute Gasteiger partial charge is 0.255 e. The molecule has 1 N–H and O–H groups in total. The zero-order valence-electron chi connectivity index (χ0n) is 15.8. The fraction of sp³-hybridized carbons (Fsp3) is 0.227. The summed E-state index contributed by atoms with van der Waals surface area (Å²) in [5, 5.41) is 2.88. The molecule has 2 amide bonds. The van der Waals surface area contributed by atoms with Gasteiger partial charge in [-0.1, -0.05) is 24.3 Å². The number of carbonyl (C=O) groups excluding carboxylic acids is 2. The number of rotatable bonds is 5. The number of nitrogens with one attached hydrogen (secondary N) is 1. The van der Waals surface area contributed by atoms with Gasteiger partial charge in [0.25, 0.3) is 5.91 Å². The Morgan fingerprint density at radius 3 is 2.41 bits per heavy atom. The van der Waals surface area contributed by atoms with Crippen molar-refractivity contribution in [3.05, 3.63) is 72.2 Å². The molecule has 29 heavy (non-hydrogen) atoms. The second kappa shape index (κ2) is 8.96. The highest BCUT2D eigenvalue weighted by molar-refractivity contribution is 7.99. The molecule has 0 bridgehead atoms. The molecule has 1 fully saturated rings. The van der Waals surface area contributed by atoms with Gasteiger partial charge in [0.1, 0.15) is 0 Å². The Labute approximate surface area is 173 Å². The first kappa shape index (κ1) is 19.3. The number of amides is 2. The van der Waals surface area contributed by atoms with Crippen molar-refractivity contribution < 1.29 is 14.0 Å². The molecule has 1 saturated heterocycles. The van der Waals surface area contributed by atoms with Gasteiger partial charge in [0.15, 0.2) is 12.2 Å². The average molecular weight is 407 g/mol. The van der Waals surface area contributed by atoms with Crippen molar-refractivity contribution in [1.29, 1.82) is 0 Å². The first-order valence-corrected chi connectivity index (χ1v) is 10.6. The van der Waals surface area contributed by atoms with E-state index in [4.69, 9.17) is 4.42 Å². The highest BCUT2D eigenvalue weighted by Gasteiger charge is 2.17. The molecule has 2 aromatic carbocycles. The lowest BCUT2D eigenvalue weighted by Crippen LogP contribution is -2.38. The third-order valence-electron chi connectivity index (χ3n) is 4.79. The van der Waals surface area contributed by atoms with Crippen LogP contribution in [-0.4, -0.2) is 46.3 Å². The van der Waals surface area contributed by atoms with Crippen molar-refractivity contribution in [3.63, 3.8) is 0 Å². The Balaban J connectivity index is 1.34. The zero-order valence-corrected chi connectivity index (χ0v) is 16.7. The number of hydrogen-bond donors (Lipinski definition) is 1. The maximum Gasteiger partial charge on any atom is 0.255 e. The molecule has 1 aliphatic heterocycles. The highest BCUT2D eigenvalue weighted by atomic mass is 32.2. The quantitative estimate of drug-likeness (QED) is 0.698. The summed E-state index contributed by atoms with van der Waals surface area (Å²) in [4.78, 5) is 30.7. The van der Waals surface area contributed by atoms with Crippen LogP contribution in [0.25, 0.3) is 11.3 Å². The van der Waals surface area contributed by atoms with Gasteiger partial charge in [0.2, 0.25) is 5.91 Å². The molecule has 1 aliphatic rings. The number of carbonyl (C=O) groups is 2. The monoisotopic (exact) mass is 407 g/mol. The van der Waals surface area contributed by atoms with Gasteiger partial charge in [0, 0.05) is 41.4 Å². The number of nitrogens with zero attached hydrogens (tertiary/aromatic N) is 2. The van der Waals surface area contributed by atoms with Gasteiger partial charge in [-0.05, 0) is 29.8 Å². The molecule has 7 heteroatoms. The first-order valence-electron chi connectivity index (χ1n) is 9.44. The normalized spacial score (nSPS) is 13.9. The molecule has 0 unspecified atom stereocenters. The SMILES string of the molecule is O=C(Nc1ccc(CC(=O)N2CCSCC2)cc1)c1ccc(-c2cnco2)cc1. The van der Waals surface area contributed by atoms with Crippen LogP contribution in [0.4, 0.5) is 5.69 Å². The predicted molar refractivity (Wildman–Crippen MR) is 114 cm³/mol. The molecule has 0 spiro atoms. The Kier molecular flexibility index (Phi) is 5.95. The molecule has 0 saturated carbocycles. The van der Waals surface area contributed by atoms with Gasteiger partial charge in [-0.15, -0.1) is 0 Å². The summed E-state index contributed by atoms with van der Waals surface area (Å²) in [7, 11) is 0. The van der Waals surface area contributed by atoms with E-state index in [0.717, 1.165) is 35.7 Å². The largest absolute Gasteiger partial charge is 0.444 e. The second-order valence-corrected chi connectivity index (χ2v) is 7.99. The summed E-state index contributed by atoms with van der Waals surface area (Å²) in [6.07, 6.45) is 3.40. The molecule has 6 nitrogen and oxygen atoms in total. The maximum absolute atomic E-state index is 12.5. The Morgan fingerprint density at radius 2 is 1.76 bits per heavy atom. The first-order chi connectivity index (χ1) is 14.2. The van der Waals surface area contributed by atoms with Crippen LogP contribution in [0.15, 0.2) is 65.5 Å². The van der Waals surface area contributed by atoms with E-state index >= 15 is 0 Å². The molecule has 0 aliphatic carbocycles. The summed E-state index contributed by atoms with van der Waals surface area (Å²) < 4.78 is 5.25. The molecule has 148 valence electrons. The van der Waals surface area contributed by atoms with Crippen LogP contribution in [0, 0.1) is 0 Å². The van der Waals surface area contributed by atoms with Gasteiger partial charge in [-0.2, -0.15) is 11.8 Å². The summed E-state index contributed by atoms with van der Waals surface area (Å²) in [5.74, 6) is 2.65. The standard InChI is InChI=1S/C22H21N3O3S/c26-21(25-9-11-29-12-10-25)13-16-1-7-19(8-2-16)24-22(27)18-5-3-17(4-6-18)20-14-23-15-28-20/h1-8,14-15H,9-13H2,(H,24,27). The van der Waals surface area contributed by atoms with Crippen LogP contribution in [-0.2, 0) is 11.2 Å². The van der Waals surface area contributed by atoms with Gasteiger partial charge in [-0.25, -0.2) is 4.98 Å². The Hall–Kier alpha value is -3.06. The zero-order chi connectivity index (χ0) is 20.1. The fourth-order valence-corrected chi connectivity index (χ4v) is 4.06. The predicted octanol–water partition coefficient (Wildman–Crippen LogP) is 3.71. The number of aromatic nitrogens is 1. The van der Waals surface area contributed by atoms with Crippen molar-refractivity contribution in [2.75, 3.05) is 29.9 Å². The molecular weight excluding hydrogens is 386 g/mol.